The first kappa shape index (κ1) is 21.3. The number of anilines is 1. The molecule has 1 saturated heterocycles. The van der Waals surface area contributed by atoms with E-state index in [1.807, 2.05) is 13.8 Å². The van der Waals surface area contributed by atoms with Crippen LogP contribution < -0.4 is 11.1 Å². The van der Waals surface area contributed by atoms with Crippen LogP contribution in [0.5, 0.6) is 0 Å². The predicted octanol–water partition coefficient (Wildman–Crippen LogP) is 0.851. The minimum atomic E-state index is -3.81. The lowest BCUT2D eigenvalue weighted by molar-refractivity contribution is -0.134. The van der Waals surface area contributed by atoms with E-state index in [0.717, 1.165) is 4.31 Å². The topological polar surface area (TPSA) is 113 Å². The Morgan fingerprint density at radius 2 is 1.89 bits per heavy atom. The number of rotatable bonds is 5. The van der Waals surface area contributed by atoms with Crippen molar-refractivity contribution < 1.29 is 18.0 Å². The molecular weight excluding hydrogens is 368 g/mol. The molecule has 8 nitrogen and oxygen atoms in total. The van der Waals surface area contributed by atoms with Crippen LogP contribution in [-0.4, -0.2) is 62.2 Å². The molecule has 1 heterocycles. The van der Waals surface area contributed by atoms with Crippen molar-refractivity contribution in [3.8, 4) is 0 Å². The second-order valence-corrected chi connectivity index (χ2v) is 9.71. The van der Waals surface area contributed by atoms with Gasteiger partial charge in [-0.2, -0.15) is 4.31 Å². The van der Waals surface area contributed by atoms with Crippen LogP contribution in [0, 0.1) is 5.41 Å². The van der Waals surface area contributed by atoms with Crippen molar-refractivity contribution in [2.24, 2.45) is 11.1 Å². The third kappa shape index (κ3) is 5.06. The Balaban J connectivity index is 2.06. The summed E-state index contributed by atoms with van der Waals surface area (Å²) >= 11 is 0. The number of piperidine rings is 1. The number of likely N-dealkylation sites (tertiary alicyclic amines) is 1. The number of nitrogens with one attached hydrogen (secondary N) is 1. The predicted molar refractivity (Wildman–Crippen MR) is 104 cm³/mol. The van der Waals surface area contributed by atoms with E-state index in [2.05, 4.69) is 5.32 Å². The number of carbonyl (C=O) groups excluding carboxylic acids is 2. The first-order valence-corrected chi connectivity index (χ1v) is 10.2. The minimum Gasteiger partial charge on any atom is -0.341 e. The first-order chi connectivity index (χ1) is 12.4. The van der Waals surface area contributed by atoms with Crippen molar-refractivity contribution in [1.29, 1.82) is 0 Å². The molecule has 1 aliphatic heterocycles. The van der Waals surface area contributed by atoms with Crippen LogP contribution in [0.4, 0.5) is 5.69 Å². The van der Waals surface area contributed by atoms with Crippen molar-refractivity contribution in [1.82, 2.24) is 9.21 Å². The molecule has 27 heavy (non-hydrogen) atoms. The van der Waals surface area contributed by atoms with Crippen molar-refractivity contribution in [2.45, 2.75) is 38.1 Å². The molecule has 0 spiro atoms. The van der Waals surface area contributed by atoms with E-state index in [1.54, 1.807) is 4.90 Å². The van der Waals surface area contributed by atoms with Gasteiger partial charge < -0.3 is 16.0 Å². The maximum atomic E-state index is 12.7. The molecule has 1 aromatic rings. The summed E-state index contributed by atoms with van der Waals surface area (Å²) in [7, 11) is -2.42. The Kier molecular flexibility index (Phi) is 6.28. The van der Waals surface area contributed by atoms with Crippen molar-refractivity contribution >= 4 is 27.5 Å². The summed E-state index contributed by atoms with van der Waals surface area (Å²) < 4.78 is 26.5. The summed E-state index contributed by atoms with van der Waals surface area (Å²) in [6, 6.07) is 5.86. The van der Waals surface area contributed by atoms with Crippen molar-refractivity contribution in [3.05, 3.63) is 24.3 Å². The standard InChI is InChI=1S/C18H28N4O4S/c1-13(23)20-14-5-7-15(8-6-14)27(25,26)21(4)11-17(24)22-10-9-16(19)18(2,3)12-22/h5-8,16H,9-12,19H2,1-4H3,(H,20,23). The number of carbonyl (C=O) groups is 2. The lowest BCUT2D eigenvalue weighted by atomic mass is 9.80. The van der Waals surface area contributed by atoms with Gasteiger partial charge in [-0.05, 0) is 36.1 Å². The fraction of sp³-hybridized carbons (Fsp3) is 0.556. The molecule has 1 fully saturated rings. The Morgan fingerprint density at radius 1 is 1.30 bits per heavy atom. The number of sulfonamides is 1. The molecule has 0 saturated carbocycles. The average molecular weight is 397 g/mol. The summed E-state index contributed by atoms with van der Waals surface area (Å²) in [6.45, 7) is 6.19. The molecule has 3 N–H and O–H groups in total. The second-order valence-electron chi connectivity index (χ2n) is 7.67. The molecule has 2 amide bonds. The fourth-order valence-corrected chi connectivity index (χ4v) is 4.18. The van der Waals surface area contributed by atoms with E-state index >= 15 is 0 Å². The number of amides is 2. The van der Waals surface area contributed by atoms with Crippen LogP contribution >= 0.6 is 0 Å². The van der Waals surface area contributed by atoms with Gasteiger partial charge in [-0.1, -0.05) is 13.8 Å². The second kappa shape index (κ2) is 7.95. The van der Waals surface area contributed by atoms with Gasteiger partial charge in [0.25, 0.3) is 0 Å². The van der Waals surface area contributed by atoms with Gasteiger partial charge in [0.05, 0.1) is 11.4 Å². The zero-order chi connectivity index (χ0) is 20.4. The normalized spacial score (nSPS) is 19.8. The van der Waals surface area contributed by atoms with Gasteiger partial charge in [-0.15, -0.1) is 0 Å². The molecule has 1 unspecified atom stereocenters. The van der Waals surface area contributed by atoms with Crippen LogP contribution in [0.2, 0.25) is 0 Å². The van der Waals surface area contributed by atoms with E-state index in [9.17, 15) is 18.0 Å². The fourth-order valence-electron chi connectivity index (χ4n) is 3.06. The number of hydrogen-bond donors (Lipinski definition) is 2. The highest BCUT2D eigenvalue weighted by molar-refractivity contribution is 7.89. The van der Waals surface area contributed by atoms with Gasteiger partial charge >= 0.3 is 0 Å². The number of hydrogen-bond acceptors (Lipinski definition) is 5. The van der Waals surface area contributed by atoms with E-state index in [4.69, 9.17) is 5.73 Å². The lowest BCUT2D eigenvalue weighted by Crippen LogP contribution is -2.55. The highest BCUT2D eigenvalue weighted by atomic mass is 32.2. The molecule has 150 valence electrons. The van der Waals surface area contributed by atoms with Crippen LogP contribution in [0.25, 0.3) is 0 Å². The van der Waals surface area contributed by atoms with Gasteiger partial charge in [0.15, 0.2) is 0 Å². The Hall–Kier alpha value is -1.97. The SMILES string of the molecule is CC(=O)Nc1ccc(S(=O)(=O)N(C)CC(=O)N2CCC(N)C(C)(C)C2)cc1. The number of likely N-dealkylation sites (N-methyl/N-ethyl adjacent to an activating group) is 1. The average Bonchev–Trinajstić information content (AvgIpc) is 2.57. The monoisotopic (exact) mass is 396 g/mol. The maximum Gasteiger partial charge on any atom is 0.243 e. The number of benzene rings is 1. The van der Waals surface area contributed by atoms with Gasteiger partial charge in [0.1, 0.15) is 0 Å². The highest BCUT2D eigenvalue weighted by Gasteiger charge is 2.36. The number of nitrogens with two attached hydrogens (primary N) is 1. The molecule has 0 aromatic heterocycles. The highest BCUT2D eigenvalue weighted by Crippen LogP contribution is 2.28. The van der Waals surface area contributed by atoms with Gasteiger partial charge in [0.2, 0.25) is 21.8 Å². The quantitative estimate of drug-likeness (QED) is 0.766. The van der Waals surface area contributed by atoms with Crippen LogP contribution in [0.15, 0.2) is 29.2 Å². The summed E-state index contributed by atoms with van der Waals surface area (Å²) in [5, 5.41) is 2.58. The van der Waals surface area contributed by atoms with Gasteiger partial charge in [-0.3, -0.25) is 9.59 Å². The summed E-state index contributed by atoms with van der Waals surface area (Å²) in [5.74, 6) is -0.478. The van der Waals surface area contributed by atoms with Crippen molar-refractivity contribution in [2.75, 3.05) is 32.0 Å². The lowest BCUT2D eigenvalue weighted by Gasteiger charge is -2.42. The maximum absolute atomic E-state index is 12.7. The van der Waals surface area contributed by atoms with E-state index < -0.39 is 10.0 Å². The number of nitrogens with zero attached hydrogens (tertiary/aromatic N) is 2. The van der Waals surface area contributed by atoms with Crippen LogP contribution in [-0.2, 0) is 19.6 Å². The third-order valence-electron chi connectivity index (χ3n) is 4.91. The smallest absolute Gasteiger partial charge is 0.243 e. The van der Waals surface area contributed by atoms with Gasteiger partial charge in [0, 0.05) is 38.8 Å². The summed E-state index contributed by atoms with van der Waals surface area (Å²) in [4.78, 5) is 25.4. The Labute approximate surface area is 160 Å². The first-order valence-electron chi connectivity index (χ1n) is 8.81. The molecule has 0 bridgehead atoms. The third-order valence-corrected chi connectivity index (χ3v) is 6.72. The molecule has 1 atom stereocenters. The largest absolute Gasteiger partial charge is 0.341 e. The van der Waals surface area contributed by atoms with E-state index in [0.29, 0.717) is 25.2 Å². The summed E-state index contributed by atoms with van der Waals surface area (Å²) in [6.07, 6.45) is 0.694. The zero-order valence-corrected chi connectivity index (χ0v) is 17.0. The van der Waals surface area contributed by atoms with E-state index in [1.165, 1.54) is 38.2 Å². The molecule has 2 rings (SSSR count). The van der Waals surface area contributed by atoms with Gasteiger partial charge in [-0.25, -0.2) is 8.42 Å². The minimum absolute atomic E-state index is 0.0186. The molecule has 1 aliphatic rings. The molecule has 0 aliphatic carbocycles. The Morgan fingerprint density at radius 3 is 2.41 bits per heavy atom. The van der Waals surface area contributed by atoms with E-state index in [-0.39, 0.29) is 34.7 Å². The molecule has 9 heteroatoms. The van der Waals surface area contributed by atoms with Crippen LogP contribution in [0.1, 0.15) is 27.2 Å². The van der Waals surface area contributed by atoms with Crippen molar-refractivity contribution in [3.63, 3.8) is 0 Å². The summed E-state index contributed by atoms with van der Waals surface area (Å²) in [5.41, 5.74) is 6.40. The molecular formula is C18H28N4O4S. The van der Waals surface area contributed by atoms with Crippen LogP contribution in [0.3, 0.4) is 0 Å². The zero-order valence-electron chi connectivity index (χ0n) is 16.2. The molecule has 1 aromatic carbocycles. The molecule has 0 radical (unpaired) electrons. The Bertz CT molecular complexity index is 805.